The summed E-state index contributed by atoms with van der Waals surface area (Å²) < 4.78 is 42.7. The molecule has 4 atom stereocenters. The van der Waals surface area contributed by atoms with Crippen molar-refractivity contribution >= 4 is 35.5 Å². The zero-order valence-electron chi connectivity index (χ0n) is 22.2. The highest BCUT2D eigenvalue weighted by molar-refractivity contribution is 7.99. The number of thioether (sulfide) groups is 1. The zero-order valence-corrected chi connectivity index (χ0v) is 23.1. The number of carbonyl (C=O) groups is 4. The third-order valence-corrected chi connectivity index (χ3v) is 8.70. The summed E-state index contributed by atoms with van der Waals surface area (Å²) in [6.07, 6.45) is -1.77. The summed E-state index contributed by atoms with van der Waals surface area (Å²) in [6, 6.07) is 5.67. The van der Waals surface area contributed by atoms with Crippen LogP contribution in [0.25, 0.3) is 0 Å². The Morgan fingerprint density at radius 1 is 1.15 bits per heavy atom. The Balaban J connectivity index is 0.000000532. The molecule has 3 aliphatic rings. The van der Waals surface area contributed by atoms with E-state index in [0.717, 1.165) is 41.2 Å². The summed E-state index contributed by atoms with van der Waals surface area (Å²) >= 11 is 1.74. The maximum absolute atomic E-state index is 13.5. The quantitative estimate of drug-likeness (QED) is 0.294. The van der Waals surface area contributed by atoms with Crippen molar-refractivity contribution in [2.24, 2.45) is 11.8 Å². The summed E-state index contributed by atoms with van der Waals surface area (Å²) in [4.78, 5) is 53.5. The predicted molar refractivity (Wildman–Crippen MR) is 135 cm³/mol. The second kappa shape index (κ2) is 12.2. The van der Waals surface area contributed by atoms with Crippen LogP contribution in [0.15, 0.2) is 23.1 Å². The molecule has 0 aliphatic carbocycles. The summed E-state index contributed by atoms with van der Waals surface area (Å²) in [5.41, 5.74) is -0.188. The molecule has 0 spiro atoms. The van der Waals surface area contributed by atoms with Crippen LogP contribution in [0.3, 0.4) is 0 Å². The number of carboxylic acid groups (broad SMARTS) is 1. The highest BCUT2D eigenvalue weighted by atomic mass is 32.2. The topological polar surface area (TPSA) is 113 Å². The van der Waals surface area contributed by atoms with Gasteiger partial charge in [0.1, 0.15) is 11.3 Å². The van der Waals surface area contributed by atoms with Crippen molar-refractivity contribution < 1.29 is 46.9 Å². The van der Waals surface area contributed by atoms with E-state index < -0.39 is 35.5 Å². The van der Waals surface area contributed by atoms with Crippen LogP contribution >= 0.6 is 11.8 Å². The third kappa shape index (κ3) is 5.47. The molecule has 13 heteroatoms. The molecule has 0 bridgehead atoms. The number of carbonyl (C=O) groups excluding carboxylic acids is 3. The summed E-state index contributed by atoms with van der Waals surface area (Å²) in [5.74, 6) is -3.17. The van der Waals surface area contributed by atoms with E-state index in [2.05, 4.69) is 11.8 Å². The molecule has 2 amide bonds. The molecule has 1 N–H and O–H groups in total. The fourth-order valence-corrected chi connectivity index (χ4v) is 6.80. The van der Waals surface area contributed by atoms with E-state index in [1.54, 1.807) is 25.8 Å². The van der Waals surface area contributed by atoms with E-state index >= 15 is 0 Å². The highest BCUT2D eigenvalue weighted by Crippen LogP contribution is 2.58. The Kier molecular flexibility index (Phi) is 9.58. The first-order valence-electron chi connectivity index (χ1n) is 12.7. The van der Waals surface area contributed by atoms with Crippen LogP contribution in [-0.4, -0.2) is 83.4 Å². The van der Waals surface area contributed by atoms with Gasteiger partial charge in [-0.05, 0) is 62.6 Å². The molecule has 1 aromatic carbocycles. The van der Waals surface area contributed by atoms with E-state index in [0.29, 0.717) is 19.5 Å². The third-order valence-electron chi connectivity index (χ3n) is 7.44. The average molecular weight is 575 g/mol. The molecule has 4 rings (SSSR count). The molecular formula is C26H33F3N2O7S. The zero-order chi connectivity index (χ0) is 29.1. The van der Waals surface area contributed by atoms with Gasteiger partial charge < -0.3 is 14.6 Å². The molecule has 3 fully saturated rings. The number of hydrogen-bond donors (Lipinski definition) is 1. The molecule has 1 aromatic rings. The van der Waals surface area contributed by atoms with E-state index in [1.165, 1.54) is 12.0 Å². The molecular weight excluding hydrogens is 541 g/mol. The summed E-state index contributed by atoms with van der Waals surface area (Å²) in [5, 5.41) is 7.12. The van der Waals surface area contributed by atoms with Crippen LogP contribution in [0.5, 0.6) is 5.75 Å². The van der Waals surface area contributed by atoms with E-state index in [1.807, 2.05) is 18.2 Å². The van der Waals surface area contributed by atoms with E-state index in [9.17, 15) is 27.6 Å². The van der Waals surface area contributed by atoms with Crippen LogP contribution in [-0.2, 0) is 23.9 Å². The Morgan fingerprint density at radius 3 is 2.36 bits per heavy atom. The number of methoxy groups -OCH3 is 2. The number of esters is 1. The lowest BCUT2D eigenvalue weighted by Crippen LogP contribution is -2.59. The summed E-state index contributed by atoms with van der Waals surface area (Å²) in [6.45, 7) is 4.90. The number of rotatable bonds is 7. The number of ether oxygens (including phenoxy) is 2. The predicted octanol–water partition coefficient (Wildman–Crippen LogP) is 3.90. The van der Waals surface area contributed by atoms with Crippen molar-refractivity contribution in [2.45, 2.75) is 62.2 Å². The lowest BCUT2D eigenvalue weighted by molar-refractivity contribution is -0.192. The first-order valence-corrected chi connectivity index (χ1v) is 13.7. The number of fused-ring (bicyclic) bond motifs is 3. The normalized spacial score (nSPS) is 26.4. The molecule has 3 aliphatic heterocycles. The second-order valence-corrected chi connectivity index (χ2v) is 10.6. The van der Waals surface area contributed by atoms with Crippen LogP contribution < -0.4 is 4.74 Å². The molecule has 3 saturated heterocycles. The maximum Gasteiger partial charge on any atom is 0.490 e. The molecule has 0 radical (unpaired) electrons. The van der Waals surface area contributed by atoms with Crippen molar-refractivity contribution in [1.29, 1.82) is 0 Å². The molecule has 0 saturated carbocycles. The van der Waals surface area contributed by atoms with Gasteiger partial charge in [-0.1, -0.05) is 13.0 Å². The van der Waals surface area contributed by atoms with Crippen molar-refractivity contribution in [3.05, 3.63) is 23.8 Å². The minimum Gasteiger partial charge on any atom is -0.496 e. The van der Waals surface area contributed by atoms with Crippen LogP contribution in [0.4, 0.5) is 13.2 Å². The van der Waals surface area contributed by atoms with Crippen molar-refractivity contribution in [1.82, 2.24) is 9.80 Å². The average Bonchev–Trinajstić information content (AvgIpc) is 3.36. The first kappa shape index (κ1) is 30.7. The van der Waals surface area contributed by atoms with Gasteiger partial charge in [-0.2, -0.15) is 13.2 Å². The number of carboxylic acids is 1. The minimum atomic E-state index is -5.08. The highest BCUT2D eigenvalue weighted by Gasteiger charge is 2.72. The number of benzene rings is 1. The van der Waals surface area contributed by atoms with Gasteiger partial charge in [0.05, 0.1) is 26.1 Å². The SMILES string of the molecule is CCCSc1ccc(C2C3C(=O)N(CC)C(=O)C3[C@]3(C(=O)OC)CCCCN23)cc1OC.O=C(O)C(F)(F)F. The van der Waals surface area contributed by atoms with E-state index in [4.69, 9.17) is 19.4 Å². The largest absolute Gasteiger partial charge is 0.496 e. The lowest BCUT2D eigenvalue weighted by atomic mass is 9.75. The Bertz CT molecular complexity index is 1120. The molecule has 216 valence electrons. The first-order chi connectivity index (χ1) is 18.4. The Labute approximate surface area is 229 Å². The van der Waals surface area contributed by atoms with E-state index in [-0.39, 0.29) is 17.9 Å². The summed E-state index contributed by atoms with van der Waals surface area (Å²) in [7, 11) is 3.02. The second-order valence-electron chi connectivity index (χ2n) is 9.50. The number of imide groups is 1. The number of hydrogen-bond acceptors (Lipinski definition) is 8. The van der Waals surface area contributed by atoms with Gasteiger partial charge in [-0.3, -0.25) is 24.2 Å². The van der Waals surface area contributed by atoms with Gasteiger partial charge in [0.25, 0.3) is 0 Å². The standard InChI is InChI=1S/C24H32N2O5S.C2HF3O2/c1-5-13-32-17-10-9-15(14-16(17)30-3)20-18-19(22(28)25(6-2)21(18)27)24(23(29)31-4)11-7-8-12-26(20)24;3-2(4,5)1(6)7/h9-10,14,18-20H,5-8,11-13H2,1-4H3;(H,6,7)/t18?,19?,20?,24-;/m0./s1. The van der Waals surface area contributed by atoms with Crippen LogP contribution in [0.1, 0.15) is 51.1 Å². The Morgan fingerprint density at radius 2 is 1.82 bits per heavy atom. The van der Waals surface area contributed by atoms with Crippen LogP contribution in [0.2, 0.25) is 0 Å². The molecule has 0 aromatic heterocycles. The molecule has 39 heavy (non-hydrogen) atoms. The number of aliphatic carboxylic acids is 1. The maximum atomic E-state index is 13.5. The fourth-order valence-electron chi connectivity index (χ4n) is 5.93. The van der Waals surface area contributed by atoms with Crippen molar-refractivity contribution in [2.75, 3.05) is 33.1 Å². The number of piperidine rings is 1. The molecule has 3 heterocycles. The van der Waals surface area contributed by atoms with Gasteiger partial charge in [-0.15, -0.1) is 11.8 Å². The van der Waals surface area contributed by atoms with Gasteiger partial charge >= 0.3 is 18.1 Å². The van der Waals surface area contributed by atoms with Crippen LogP contribution in [0, 0.1) is 11.8 Å². The molecule has 3 unspecified atom stereocenters. The van der Waals surface area contributed by atoms with Gasteiger partial charge in [0, 0.05) is 17.5 Å². The van der Waals surface area contributed by atoms with Gasteiger partial charge in [0.2, 0.25) is 11.8 Å². The van der Waals surface area contributed by atoms with Gasteiger partial charge in [0.15, 0.2) is 0 Å². The smallest absolute Gasteiger partial charge is 0.490 e. The number of halogens is 3. The van der Waals surface area contributed by atoms with Crippen molar-refractivity contribution in [3.8, 4) is 5.75 Å². The Hall–Kier alpha value is -2.80. The lowest BCUT2D eigenvalue weighted by Gasteiger charge is -2.44. The van der Waals surface area contributed by atoms with Crippen molar-refractivity contribution in [3.63, 3.8) is 0 Å². The number of likely N-dealkylation sites (tertiary alicyclic amines) is 1. The number of alkyl halides is 3. The number of nitrogens with zero attached hydrogens (tertiary/aromatic N) is 2. The number of amides is 2. The van der Waals surface area contributed by atoms with Gasteiger partial charge in [-0.25, -0.2) is 4.79 Å². The minimum absolute atomic E-state index is 0.187. The fraction of sp³-hybridized carbons (Fsp3) is 0.615. The monoisotopic (exact) mass is 574 g/mol. The molecule has 9 nitrogen and oxygen atoms in total.